The third-order valence-electron chi connectivity index (χ3n) is 5.90. The van der Waals surface area contributed by atoms with Crippen LogP contribution in [0.5, 0.6) is 5.75 Å². The van der Waals surface area contributed by atoms with Crippen LogP contribution in [0.4, 0.5) is 10.1 Å². The lowest BCUT2D eigenvalue weighted by atomic mass is 10.0. The number of anilines is 1. The van der Waals surface area contributed by atoms with Crippen molar-refractivity contribution in [2.75, 3.05) is 30.8 Å². The number of carbonyl (C=O) groups excluding carboxylic acids is 2. The molecule has 3 aromatic carbocycles. The smallest absolute Gasteiger partial charge is 0.244 e. The number of benzene rings is 3. The van der Waals surface area contributed by atoms with Crippen molar-refractivity contribution in [1.29, 1.82) is 0 Å². The van der Waals surface area contributed by atoms with Gasteiger partial charge in [-0.1, -0.05) is 54.6 Å². The largest absolute Gasteiger partial charge is 0.492 e. The van der Waals surface area contributed by atoms with E-state index < -0.39 is 40.2 Å². The summed E-state index contributed by atoms with van der Waals surface area (Å²) in [6, 6.07) is 20.4. The monoisotopic (exact) mass is 541 g/mol. The van der Waals surface area contributed by atoms with Gasteiger partial charge in [0.2, 0.25) is 21.8 Å². The standard InChI is InChI=1S/C28H32FN3O5S/c1-4-37-26-13-9-8-12-24(26)32(38(3,35)36)20-27(33)31(19-22-14-16-23(29)17-15-22)25(28(34)30-2)18-21-10-6-5-7-11-21/h5-17,25H,4,18-20H2,1-3H3,(H,30,34). The van der Waals surface area contributed by atoms with E-state index in [1.165, 1.54) is 36.2 Å². The lowest BCUT2D eigenvalue weighted by Gasteiger charge is -2.33. The summed E-state index contributed by atoms with van der Waals surface area (Å²) >= 11 is 0. The Morgan fingerprint density at radius 3 is 2.18 bits per heavy atom. The number of nitrogens with one attached hydrogen (secondary N) is 1. The predicted octanol–water partition coefficient (Wildman–Crippen LogP) is 3.38. The molecule has 0 aliphatic rings. The van der Waals surface area contributed by atoms with Gasteiger partial charge in [0.1, 0.15) is 24.2 Å². The first-order valence-electron chi connectivity index (χ1n) is 12.1. The molecule has 0 heterocycles. The van der Waals surface area contributed by atoms with E-state index in [0.29, 0.717) is 17.9 Å². The molecule has 1 atom stereocenters. The molecule has 0 radical (unpaired) electrons. The van der Waals surface area contributed by atoms with E-state index in [1.54, 1.807) is 31.2 Å². The van der Waals surface area contributed by atoms with E-state index in [1.807, 2.05) is 30.3 Å². The number of halogens is 1. The molecule has 3 aromatic rings. The van der Waals surface area contributed by atoms with Crippen molar-refractivity contribution < 1.29 is 27.1 Å². The highest BCUT2D eigenvalue weighted by atomic mass is 32.2. The van der Waals surface area contributed by atoms with Crippen molar-refractivity contribution in [3.05, 3.63) is 95.8 Å². The maximum absolute atomic E-state index is 13.9. The number of carbonyl (C=O) groups is 2. The zero-order valence-corrected chi connectivity index (χ0v) is 22.4. The summed E-state index contributed by atoms with van der Waals surface area (Å²) in [5.41, 5.74) is 1.62. The first-order valence-corrected chi connectivity index (χ1v) is 14.0. The summed E-state index contributed by atoms with van der Waals surface area (Å²) in [6.07, 6.45) is 1.20. The fourth-order valence-electron chi connectivity index (χ4n) is 4.04. The number of likely N-dealkylation sites (N-methyl/N-ethyl adjacent to an activating group) is 1. The van der Waals surface area contributed by atoms with Crippen molar-refractivity contribution >= 4 is 27.5 Å². The van der Waals surface area contributed by atoms with Gasteiger partial charge >= 0.3 is 0 Å². The molecular weight excluding hydrogens is 509 g/mol. The zero-order valence-electron chi connectivity index (χ0n) is 21.6. The number of rotatable bonds is 12. The van der Waals surface area contributed by atoms with Crippen LogP contribution in [0.25, 0.3) is 0 Å². The quantitative estimate of drug-likeness (QED) is 0.379. The van der Waals surface area contributed by atoms with Gasteiger partial charge in [-0.05, 0) is 42.3 Å². The van der Waals surface area contributed by atoms with Crippen molar-refractivity contribution in [1.82, 2.24) is 10.2 Å². The highest BCUT2D eigenvalue weighted by Crippen LogP contribution is 2.30. The number of nitrogens with zero attached hydrogens (tertiary/aromatic N) is 2. The van der Waals surface area contributed by atoms with Gasteiger partial charge in [0.15, 0.2) is 0 Å². The molecule has 0 fully saturated rings. The van der Waals surface area contributed by atoms with Gasteiger partial charge in [0.05, 0.1) is 18.6 Å². The SMILES string of the molecule is CCOc1ccccc1N(CC(=O)N(Cc1ccc(F)cc1)C(Cc1ccccc1)C(=O)NC)S(C)(=O)=O. The molecule has 1 unspecified atom stereocenters. The van der Waals surface area contributed by atoms with E-state index in [4.69, 9.17) is 4.74 Å². The molecule has 38 heavy (non-hydrogen) atoms. The van der Waals surface area contributed by atoms with Crippen LogP contribution >= 0.6 is 0 Å². The molecule has 0 aliphatic carbocycles. The second-order valence-corrected chi connectivity index (χ2v) is 10.5. The van der Waals surface area contributed by atoms with Crippen molar-refractivity contribution in [2.45, 2.75) is 25.9 Å². The number of sulfonamides is 1. The minimum Gasteiger partial charge on any atom is -0.492 e. The average Bonchev–Trinajstić information content (AvgIpc) is 2.90. The van der Waals surface area contributed by atoms with Gasteiger partial charge in [0, 0.05) is 20.0 Å². The van der Waals surface area contributed by atoms with Crippen LogP contribution in [-0.2, 0) is 32.6 Å². The topological polar surface area (TPSA) is 96.0 Å². The molecule has 10 heteroatoms. The van der Waals surface area contributed by atoms with E-state index in [0.717, 1.165) is 16.1 Å². The molecule has 0 saturated carbocycles. The Balaban J connectivity index is 2.04. The number of hydrogen-bond donors (Lipinski definition) is 1. The summed E-state index contributed by atoms with van der Waals surface area (Å²) in [5, 5.41) is 2.61. The Hall–Kier alpha value is -3.92. The zero-order chi connectivity index (χ0) is 27.7. The molecule has 2 amide bonds. The number of para-hydroxylation sites is 2. The Bertz CT molecular complexity index is 1330. The van der Waals surface area contributed by atoms with Crippen LogP contribution in [-0.4, -0.2) is 57.6 Å². The van der Waals surface area contributed by atoms with Crippen LogP contribution in [0.15, 0.2) is 78.9 Å². The maximum atomic E-state index is 13.9. The number of ether oxygens (including phenoxy) is 1. The minimum atomic E-state index is -3.92. The molecule has 0 saturated heterocycles. The van der Waals surface area contributed by atoms with Gasteiger partial charge in [-0.15, -0.1) is 0 Å². The van der Waals surface area contributed by atoms with Gasteiger partial charge < -0.3 is 15.0 Å². The Morgan fingerprint density at radius 1 is 0.947 bits per heavy atom. The van der Waals surface area contributed by atoms with Crippen LogP contribution in [0, 0.1) is 5.82 Å². The van der Waals surface area contributed by atoms with E-state index in [-0.39, 0.29) is 18.7 Å². The maximum Gasteiger partial charge on any atom is 0.244 e. The fraction of sp³-hybridized carbons (Fsp3) is 0.286. The summed E-state index contributed by atoms with van der Waals surface area (Å²) in [6.45, 7) is 1.48. The molecule has 0 spiro atoms. The van der Waals surface area contributed by atoms with Crippen LogP contribution in [0.2, 0.25) is 0 Å². The third-order valence-corrected chi connectivity index (χ3v) is 7.02. The Labute approximate surface area is 223 Å². The average molecular weight is 542 g/mol. The molecule has 0 bridgehead atoms. The lowest BCUT2D eigenvalue weighted by Crippen LogP contribution is -2.52. The highest BCUT2D eigenvalue weighted by molar-refractivity contribution is 7.92. The first kappa shape index (κ1) is 28.6. The van der Waals surface area contributed by atoms with Gasteiger partial charge in [-0.3, -0.25) is 13.9 Å². The second-order valence-electron chi connectivity index (χ2n) is 8.64. The van der Waals surface area contributed by atoms with Crippen LogP contribution < -0.4 is 14.4 Å². The Morgan fingerprint density at radius 2 is 1.58 bits per heavy atom. The Kier molecular flexibility index (Phi) is 9.84. The van der Waals surface area contributed by atoms with Crippen LogP contribution in [0.3, 0.4) is 0 Å². The van der Waals surface area contributed by atoms with Crippen molar-refractivity contribution in [3.8, 4) is 5.75 Å². The van der Waals surface area contributed by atoms with Gasteiger partial charge in [-0.25, -0.2) is 12.8 Å². The van der Waals surface area contributed by atoms with Crippen LogP contribution in [0.1, 0.15) is 18.1 Å². The summed E-state index contributed by atoms with van der Waals surface area (Å²) < 4.78 is 45.9. The number of hydrogen-bond acceptors (Lipinski definition) is 5. The summed E-state index contributed by atoms with van der Waals surface area (Å²) in [7, 11) is -2.45. The van der Waals surface area contributed by atoms with Crippen molar-refractivity contribution in [3.63, 3.8) is 0 Å². The molecular formula is C28H32FN3O5S. The van der Waals surface area contributed by atoms with E-state index >= 15 is 0 Å². The predicted molar refractivity (Wildman–Crippen MR) is 145 cm³/mol. The van der Waals surface area contributed by atoms with Gasteiger partial charge in [0.25, 0.3) is 0 Å². The molecule has 0 aromatic heterocycles. The van der Waals surface area contributed by atoms with E-state index in [9.17, 15) is 22.4 Å². The molecule has 0 aliphatic heterocycles. The normalized spacial score (nSPS) is 11.9. The van der Waals surface area contributed by atoms with E-state index in [2.05, 4.69) is 5.32 Å². The summed E-state index contributed by atoms with van der Waals surface area (Å²) in [4.78, 5) is 28.3. The molecule has 3 rings (SSSR count). The fourth-order valence-corrected chi connectivity index (χ4v) is 4.90. The minimum absolute atomic E-state index is 0.0330. The second kappa shape index (κ2) is 13.0. The lowest BCUT2D eigenvalue weighted by molar-refractivity contribution is -0.139. The highest BCUT2D eigenvalue weighted by Gasteiger charge is 2.33. The molecule has 1 N–H and O–H groups in total. The summed E-state index contributed by atoms with van der Waals surface area (Å²) in [5.74, 6) is -1.14. The number of amides is 2. The van der Waals surface area contributed by atoms with Crippen molar-refractivity contribution in [2.24, 2.45) is 0 Å². The van der Waals surface area contributed by atoms with Gasteiger partial charge in [-0.2, -0.15) is 0 Å². The molecule has 202 valence electrons. The first-order chi connectivity index (χ1) is 18.1. The molecule has 8 nitrogen and oxygen atoms in total. The third kappa shape index (κ3) is 7.55.